The van der Waals surface area contributed by atoms with Gasteiger partial charge in [-0.25, -0.2) is 4.79 Å². The van der Waals surface area contributed by atoms with Gasteiger partial charge in [0.25, 0.3) is 0 Å². The number of aromatic amines is 1. The normalized spacial score (nSPS) is 11.8. The summed E-state index contributed by atoms with van der Waals surface area (Å²) in [6.45, 7) is 1.39. The van der Waals surface area contributed by atoms with Gasteiger partial charge in [0.2, 0.25) is 0 Å². The van der Waals surface area contributed by atoms with Gasteiger partial charge >= 0.3 is 12.1 Å². The summed E-state index contributed by atoms with van der Waals surface area (Å²) < 4.78 is 43.6. The standard InChI is InChI=1S/C12H11F3N2O3/c1-2-20-11(19)8-7-5(3-4-6(18)9(7)16)17-10(8)12(13,14)15/h3-4,17-18H,2,16H2,1H3. The summed E-state index contributed by atoms with van der Waals surface area (Å²) in [7, 11) is 0. The molecule has 0 fully saturated rings. The van der Waals surface area contributed by atoms with E-state index < -0.39 is 29.2 Å². The van der Waals surface area contributed by atoms with Crippen molar-refractivity contribution in [1.29, 1.82) is 0 Å². The maximum atomic E-state index is 13.0. The number of ether oxygens (including phenoxy) is 1. The van der Waals surface area contributed by atoms with Gasteiger partial charge in [0, 0.05) is 10.9 Å². The van der Waals surface area contributed by atoms with E-state index in [9.17, 15) is 23.1 Å². The van der Waals surface area contributed by atoms with Gasteiger partial charge < -0.3 is 20.6 Å². The molecule has 1 heterocycles. The molecule has 2 aromatic rings. The number of phenols is 1. The zero-order chi connectivity index (χ0) is 15.1. The number of hydrogen-bond acceptors (Lipinski definition) is 4. The summed E-state index contributed by atoms with van der Waals surface area (Å²) in [4.78, 5) is 13.9. The van der Waals surface area contributed by atoms with Crippen molar-refractivity contribution < 1.29 is 27.8 Å². The molecule has 1 aromatic heterocycles. The predicted molar refractivity (Wildman–Crippen MR) is 65.3 cm³/mol. The Morgan fingerprint density at radius 1 is 1.45 bits per heavy atom. The van der Waals surface area contributed by atoms with Crippen molar-refractivity contribution in [2.24, 2.45) is 0 Å². The number of H-pyrrole nitrogens is 1. The van der Waals surface area contributed by atoms with E-state index in [0.717, 1.165) is 6.07 Å². The maximum absolute atomic E-state index is 13.0. The second kappa shape index (κ2) is 4.62. The predicted octanol–water partition coefficient (Wildman–Crippen LogP) is 2.65. The van der Waals surface area contributed by atoms with Crippen LogP contribution >= 0.6 is 0 Å². The second-order valence-corrected chi connectivity index (χ2v) is 4.01. The van der Waals surface area contributed by atoms with Gasteiger partial charge in [-0.2, -0.15) is 13.2 Å². The van der Waals surface area contributed by atoms with Crippen LogP contribution < -0.4 is 5.73 Å². The number of esters is 1. The summed E-state index contributed by atoms with van der Waals surface area (Å²) in [5.74, 6) is -1.56. The Bertz CT molecular complexity index is 677. The smallest absolute Gasteiger partial charge is 0.432 e. The third-order valence-corrected chi connectivity index (χ3v) is 2.75. The first-order valence-corrected chi connectivity index (χ1v) is 5.64. The van der Waals surface area contributed by atoms with Gasteiger partial charge in [0.15, 0.2) is 0 Å². The van der Waals surface area contributed by atoms with E-state index in [1.165, 1.54) is 13.0 Å². The fourth-order valence-corrected chi connectivity index (χ4v) is 1.92. The molecule has 0 spiro atoms. The van der Waals surface area contributed by atoms with Crippen molar-refractivity contribution in [2.45, 2.75) is 13.1 Å². The van der Waals surface area contributed by atoms with Crippen LogP contribution in [0.2, 0.25) is 0 Å². The third-order valence-electron chi connectivity index (χ3n) is 2.75. The van der Waals surface area contributed by atoms with Crippen LogP contribution in [0.3, 0.4) is 0 Å². The van der Waals surface area contributed by atoms with E-state index in [1.54, 1.807) is 0 Å². The molecule has 108 valence electrons. The van der Waals surface area contributed by atoms with Crippen LogP contribution in [0.4, 0.5) is 18.9 Å². The van der Waals surface area contributed by atoms with Gasteiger partial charge in [-0.15, -0.1) is 0 Å². The quantitative estimate of drug-likeness (QED) is 0.450. The molecular formula is C12H11F3N2O3. The number of nitrogens with one attached hydrogen (secondary N) is 1. The number of aromatic nitrogens is 1. The van der Waals surface area contributed by atoms with Crippen molar-refractivity contribution in [2.75, 3.05) is 12.3 Å². The Labute approximate surface area is 111 Å². The fraction of sp³-hybridized carbons (Fsp3) is 0.250. The summed E-state index contributed by atoms with van der Waals surface area (Å²) in [6, 6.07) is 2.35. The number of carbonyl (C=O) groups excluding carboxylic acids is 1. The first kappa shape index (κ1) is 14.0. The summed E-state index contributed by atoms with van der Waals surface area (Å²) >= 11 is 0. The fourth-order valence-electron chi connectivity index (χ4n) is 1.92. The molecule has 0 aliphatic rings. The Morgan fingerprint density at radius 2 is 2.10 bits per heavy atom. The monoisotopic (exact) mass is 288 g/mol. The number of fused-ring (bicyclic) bond motifs is 1. The zero-order valence-electron chi connectivity index (χ0n) is 10.3. The minimum absolute atomic E-state index is 0.00400. The van der Waals surface area contributed by atoms with E-state index >= 15 is 0 Å². The Kier molecular flexibility index (Phi) is 3.24. The number of alkyl halides is 3. The van der Waals surface area contributed by atoms with Crippen molar-refractivity contribution in [3.8, 4) is 5.75 Å². The molecule has 5 nitrogen and oxygen atoms in total. The van der Waals surface area contributed by atoms with Gasteiger partial charge in [-0.05, 0) is 19.1 Å². The molecule has 4 N–H and O–H groups in total. The van der Waals surface area contributed by atoms with Crippen LogP contribution in [-0.2, 0) is 10.9 Å². The molecule has 0 atom stereocenters. The molecule has 0 unspecified atom stereocenters. The highest BCUT2D eigenvalue weighted by molar-refractivity contribution is 6.11. The minimum Gasteiger partial charge on any atom is -0.506 e. The van der Waals surface area contributed by atoms with Crippen LogP contribution in [-0.4, -0.2) is 22.7 Å². The number of halogens is 3. The van der Waals surface area contributed by atoms with E-state index in [2.05, 4.69) is 9.72 Å². The van der Waals surface area contributed by atoms with E-state index in [4.69, 9.17) is 5.73 Å². The largest absolute Gasteiger partial charge is 0.506 e. The Hall–Kier alpha value is -2.38. The molecule has 1 aromatic carbocycles. The van der Waals surface area contributed by atoms with Crippen LogP contribution in [0, 0.1) is 0 Å². The van der Waals surface area contributed by atoms with Crippen molar-refractivity contribution in [1.82, 2.24) is 4.98 Å². The maximum Gasteiger partial charge on any atom is 0.432 e. The summed E-state index contributed by atoms with van der Waals surface area (Å²) in [6.07, 6.45) is -4.77. The highest BCUT2D eigenvalue weighted by Gasteiger charge is 2.39. The van der Waals surface area contributed by atoms with Crippen molar-refractivity contribution >= 4 is 22.6 Å². The highest BCUT2D eigenvalue weighted by Crippen LogP contribution is 2.40. The van der Waals surface area contributed by atoms with Gasteiger partial charge in [-0.3, -0.25) is 0 Å². The SMILES string of the molecule is CCOC(=O)c1c(C(F)(F)F)[nH]c2ccc(O)c(N)c12. The first-order valence-electron chi connectivity index (χ1n) is 5.64. The zero-order valence-corrected chi connectivity index (χ0v) is 10.3. The average molecular weight is 288 g/mol. The minimum atomic E-state index is -4.77. The molecule has 0 aliphatic carbocycles. The number of phenolic OH excluding ortho intramolecular Hbond substituents is 1. The number of carbonyl (C=O) groups is 1. The lowest BCUT2D eigenvalue weighted by molar-refractivity contribution is -0.141. The van der Waals surface area contributed by atoms with E-state index in [0.29, 0.717) is 0 Å². The van der Waals surface area contributed by atoms with Gasteiger partial charge in [0.1, 0.15) is 11.4 Å². The lowest BCUT2D eigenvalue weighted by Gasteiger charge is -2.08. The van der Waals surface area contributed by atoms with Crippen LogP contribution in [0.15, 0.2) is 12.1 Å². The van der Waals surface area contributed by atoms with Crippen LogP contribution in [0.25, 0.3) is 10.9 Å². The Balaban J connectivity index is 2.84. The first-order chi connectivity index (χ1) is 9.27. The summed E-state index contributed by atoms with van der Waals surface area (Å²) in [5.41, 5.74) is 3.29. The number of aromatic hydroxyl groups is 1. The second-order valence-electron chi connectivity index (χ2n) is 4.01. The molecule has 8 heteroatoms. The lowest BCUT2D eigenvalue weighted by atomic mass is 10.1. The van der Waals surface area contributed by atoms with Crippen LogP contribution in [0.5, 0.6) is 5.75 Å². The third kappa shape index (κ3) is 2.13. The number of benzene rings is 1. The molecular weight excluding hydrogens is 277 g/mol. The average Bonchev–Trinajstić information content (AvgIpc) is 2.74. The Morgan fingerprint density at radius 3 is 2.65 bits per heavy atom. The molecule has 0 saturated heterocycles. The number of hydrogen-bond donors (Lipinski definition) is 3. The molecule has 0 amide bonds. The van der Waals surface area contributed by atoms with Gasteiger partial charge in [-0.1, -0.05) is 0 Å². The van der Waals surface area contributed by atoms with Crippen LogP contribution in [0.1, 0.15) is 23.0 Å². The van der Waals surface area contributed by atoms with Gasteiger partial charge in [0.05, 0.1) is 17.9 Å². The van der Waals surface area contributed by atoms with Crippen molar-refractivity contribution in [3.63, 3.8) is 0 Å². The molecule has 0 bridgehead atoms. The molecule has 20 heavy (non-hydrogen) atoms. The molecule has 0 radical (unpaired) electrons. The number of anilines is 1. The molecule has 2 rings (SSSR count). The number of nitrogens with two attached hydrogens (primary N) is 1. The topological polar surface area (TPSA) is 88.3 Å². The van der Waals surface area contributed by atoms with E-state index in [1.807, 2.05) is 0 Å². The highest BCUT2D eigenvalue weighted by atomic mass is 19.4. The van der Waals surface area contributed by atoms with E-state index in [-0.39, 0.29) is 23.2 Å². The molecule has 0 saturated carbocycles. The number of nitrogen functional groups attached to an aromatic ring is 1. The number of rotatable bonds is 2. The molecule has 0 aliphatic heterocycles. The van der Waals surface area contributed by atoms with Crippen molar-refractivity contribution in [3.05, 3.63) is 23.4 Å². The summed E-state index contributed by atoms with van der Waals surface area (Å²) in [5, 5.41) is 9.29. The lowest BCUT2D eigenvalue weighted by Crippen LogP contribution is -2.14.